The highest BCUT2D eigenvalue weighted by Crippen LogP contribution is 2.27. The Labute approximate surface area is 258 Å². The molecule has 1 unspecified atom stereocenters. The van der Waals surface area contributed by atoms with Gasteiger partial charge >= 0.3 is 0 Å². The standard InChI is InChI=1S/C34H29ClN4O3S/c1-21-12-13-25(35)19-30(21)38-32(40)22(2)43-27-16-14-26(15-17-27)37-34(42)31(39-33(41)23-8-4-3-5-9-23)18-24-20-36-29-11-7-6-10-28(24)29/h3-20,22,36H,1-2H3,(H,37,42)(H,38,40)(H,39,41)/b31-18-. The van der Waals surface area contributed by atoms with Crippen molar-refractivity contribution < 1.29 is 14.4 Å². The summed E-state index contributed by atoms with van der Waals surface area (Å²) in [7, 11) is 0. The van der Waals surface area contributed by atoms with Crippen LogP contribution in [0.5, 0.6) is 0 Å². The number of rotatable bonds is 9. The van der Waals surface area contributed by atoms with Gasteiger partial charge in [0, 0.05) is 49.5 Å². The van der Waals surface area contributed by atoms with Crippen molar-refractivity contribution in [2.45, 2.75) is 24.0 Å². The number of aromatic amines is 1. The molecule has 0 saturated carbocycles. The quantitative estimate of drug-likeness (QED) is 0.102. The molecule has 1 atom stereocenters. The number of para-hydroxylation sites is 1. The molecule has 3 amide bonds. The zero-order valence-electron chi connectivity index (χ0n) is 23.5. The molecule has 5 rings (SSSR count). The van der Waals surface area contributed by atoms with Crippen molar-refractivity contribution >= 4 is 69.4 Å². The second kappa shape index (κ2) is 13.5. The summed E-state index contributed by atoms with van der Waals surface area (Å²) in [5.41, 5.74) is 4.36. The van der Waals surface area contributed by atoms with Crippen molar-refractivity contribution in [1.82, 2.24) is 10.3 Å². The Kier molecular flexibility index (Phi) is 9.29. The van der Waals surface area contributed by atoms with Crippen LogP contribution in [0, 0.1) is 6.92 Å². The first-order chi connectivity index (χ1) is 20.8. The lowest BCUT2D eigenvalue weighted by molar-refractivity contribution is -0.115. The summed E-state index contributed by atoms with van der Waals surface area (Å²) in [6.45, 7) is 3.73. The fraction of sp³-hybridized carbons (Fsp3) is 0.0882. The van der Waals surface area contributed by atoms with E-state index in [0.717, 1.165) is 26.9 Å². The van der Waals surface area contributed by atoms with Crippen molar-refractivity contribution in [3.8, 4) is 0 Å². The molecule has 5 aromatic rings. The number of amides is 3. The molecule has 0 aliphatic carbocycles. The second-order valence-corrected chi connectivity index (χ2v) is 11.7. The number of halogens is 1. The van der Waals surface area contributed by atoms with Crippen LogP contribution in [0.25, 0.3) is 17.0 Å². The highest BCUT2D eigenvalue weighted by atomic mass is 35.5. The minimum absolute atomic E-state index is 0.0960. The minimum Gasteiger partial charge on any atom is -0.361 e. The van der Waals surface area contributed by atoms with E-state index in [1.165, 1.54) is 11.8 Å². The van der Waals surface area contributed by atoms with Crippen LogP contribution in [-0.4, -0.2) is 28.0 Å². The van der Waals surface area contributed by atoms with Gasteiger partial charge in [0.25, 0.3) is 11.8 Å². The van der Waals surface area contributed by atoms with E-state index in [2.05, 4.69) is 20.9 Å². The normalized spacial score (nSPS) is 12.0. The summed E-state index contributed by atoms with van der Waals surface area (Å²) in [6, 6.07) is 29.0. The third kappa shape index (κ3) is 7.54. The van der Waals surface area contributed by atoms with Crippen molar-refractivity contribution in [3.05, 3.63) is 131 Å². The van der Waals surface area contributed by atoms with E-state index >= 15 is 0 Å². The van der Waals surface area contributed by atoms with Gasteiger partial charge in [-0.25, -0.2) is 0 Å². The number of aryl methyl sites for hydroxylation is 1. The molecule has 0 bridgehead atoms. The van der Waals surface area contributed by atoms with Crippen LogP contribution in [0.2, 0.25) is 5.02 Å². The van der Waals surface area contributed by atoms with Gasteiger partial charge in [0.15, 0.2) is 0 Å². The smallest absolute Gasteiger partial charge is 0.272 e. The van der Waals surface area contributed by atoms with Crippen LogP contribution in [0.15, 0.2) is 114 Å². The summed E-state index contributed by atoms with van der Waals surface area (Å²) in [5, 5.41) is 9.68. The van der Waals surface area contributed by atoms with Gasteiger partial charge < -0.3 is 20.9 Å². The van der Waals surface area contributed by atoms with Crippen LogP contribution >= 0.6 is 23.4 Å². The Morgan fingerprint density at radius 2 is 1.60 bits per heavy atom. The fourth-order valence-electron chi connectivity index (χ4n) is 4.35. The van der Waals surface area contributed by atoms with Crippen LogP contribution in [0.1, 0.15) is 28.4 Å². The Balaban J connectivity index is 1.29. The van der Waals surface area contributed by atoms with E-state index in [0.29, 0.717) is 22.0 Å². The number of thioether (sulfide) groups is 1. The Hall–Kier alpha value is -4.79. The van der Waals surface area contributed by atoms with E-state index < -0.39 is 11.8 Å². The van der Waals surface area contributed by atoms with Gasteiger partial charge in [0.05, 0.1) is 5.25 Å². The van der Waals surface area contributed by atoms with Crippen LogP contribution in [-0.2, 0) is 9.59 Å². The molecule has 0 spiro atoms. The predicted molar refractivity (Wildman–Crippen MR) is 175 cm³/mol. The van der Waals surface area contributed by atoms with Gasteiger partial charge in [-0.3, -0.25) is 14.4 Å². The van der Waals surface area contributed by atoms with Gasteiger partial charge in [-0.05, 0) is 80.1 Å². The number of carbonyl (C=O) groups is 3. The molecule has 0 aliphatic heterocycles. The summed E-state index contributed by atoms with van der Waals surface area (Å²) in [5.74, 6) is -1.01. The lowest BCUT2D eigenvalue weighted by Gasteiger charge is -2.14. The van der Waals surface area contributed by atoms with Crippen molar-refractivity contribution in [2.75, 3.05) is 10.6 Å². The summed E-state index contributed by atoms with van der Waals surface area (Å²) >= 11 is 7.47. The van der Waals surface area contributed by atoms with E-state index in [1.54, 1.807) is 60.8 Å². The molecule has 0 saturated heterocycles. The zero-order valence-corrected chi connectivity index (χ0v) is 25.1. The van der Waals surface area contributed by atoms with E-state index in [9.17, 15) is 14.4 Å². The molecular formula is C34H29ClN4O3S. The molecule has 0 aliphatic rings. The van der Waals surface area contributed by atoms with E-state index in [4.69, 9.17) is 11.6 Å². The third-order valence-corrected chi connectivity index (χ3v) is 8.05. The van der Waals surface area contributed by atoms with Crippen LogP contribution in [0.3, 0.4) is 0 Å². The van der Waals surface area contributed by atoms with Crippen molar-refractivity contribution in [3.63, 3.8) is 0 Å². The number of hydrogen-bond donors (Lipinski definition) is 4. The topological polar surface area (TPSA) is 103 Å². The van der Waals surface area contributed by atoms with E-state index in [1.807, 2.05) is 62.4 Å². The average molecular weight is 609 g/mol. The highest BCUT2D eigenvalue weighted by Gasteiger charge is 2.18. The summed E-state index contributed by atoms with van der Waals surface area (Å²) < 4.78 is 0. The molecule has 1 aromatic heterocycles. The summed E-state index contributed by atoms with van der Waals surface area (Å²) in [6.07, 6.45) is 3.45. The Bertz CT molecular complexity index is 1820. The molecule has 216 valence electrons. The number of anilines is 2. The molecule has 43 heavy (non-hydrogen) atoms. The Morgan fingerprint density at radius 3 is 2.37 bits per heavy atom. The van der Waals surface area contributed by atoms with Crippen LogP contribution < -0.4 is 16.0 Å². The molecule has 1 heterocycles. The number of nitrogens with one attached hydrogen (secondary N) is 4. The SMILES string of the molecule is Cc1ccc(Cl)cc1NC(=O)C(C)Sc1ccc(NC(=O)/C(=C/c2c[nH]c3ccccc23)NC(=O)c2ccccc2)cc1. The number of benzene rings is 4. The first-order valence-electron chi connectivity index (χ1n) is 13.6. The number of aromatic nitrogens is 1. The van der Waals surface area contributed by atoms with Gasteiger partial charge in [0.2, 0.25) is 5.91 Å². The number of H-pyrrole nitrogens is 1. The number of hydrogen-bond acceptors (Lipinski definition) is 4. The maximum atomic E-state index is 13.4. The largest absolute Gasteiger partial charge is 0.361 e. The van der Waals surface area contributed by atoms with Crippen molar-refractivity contribution in [2.24, 2.45) is 0 Å². The van der Waals surface area contributed by atoms with Gasteiger partial charge in [-0.15, -0.1) is 11.8 Å². The Morgan fingerprint density at radius 1 is 0.884 bits per heavy atom. The number of carbonyl (C=O) groups excluding carboxylic acids is 3. The van der Waals surface area contributed by atoms with E-state index in [-0.39, 0.29) is 16.9 Å². The maximum absolute atomic E-state index is 13.4. The van der Waals surface area contributed by atoms with Gasteiger partial charge in [-0.1, -0.05) is 54.1 Å². The molecule has 4 N–H and O–H groups in total. The lowest BCUT2D eigenvalue weighted by atomic mass is 10.1. The molecule has 4 aromatic carbocycles. The highest BCUT2D eigenvalue weighted by molar-refractivity contribution is 8.00. The number of fused-ring (bicyclic) bond motifs is 1. The summed E-state index contributed by atoms with van der Waals surface area (Å²) in [4.78, 5) is 43.3. The molecule has 0 radical (unpaired) electrons. The molecule has 7 nitrogen and oxygen atoms in total. The monoisotopic (exact) mass is 608 g/mol. The maximum Gasteiger partial charge on any atom is 0.272 e. The first-order valence-corrected chi connectivity index (χ1v) is 14.8. The first kappa shape index (κ1) is 29.7. The fourth-order valence-corrected chi connectivity index (χ4v) is 5.39. The third-order valence-electron chi connectivity index (χ3n) is 6.70. The zero-order chi connectivity index (χ0) is 30.3. The minimum atomic E-state index is -0.473. The predicted octanol–water partition coefficient (Wildman–Crippen LogP) is 7.66. The van der Waals surface area contributed by atoms with Crippen molar-refractivity contribution in [1.29, 1.82) is 0 Å². The molecule has 9 heteroatoms. The van der Waals surface area contributed by atoms with Gasteiger partial charge in [-0.2, -0.15) is 0 Å². The lowest BCUT2D eigenvalue weighted by Crippen LogP contribution is -2.30. The second-order valence-electron chi connectivity index (χ2n) is 9.85. The van der Waals surface area contributed by atoms with Crippen LogP contribution in [0.4, 0.5) is 11.4 Å². The van der Waals surface area contributed by atoms with Gasteiger partial charge in [0.1, 0.15) is 5.70 Å². The average Bonchev–Trinajstić information content (AvgIpc) is 3.42. The molecule has 0 fully saturated rings. The molecular weight excluding hydrogens is 580 g/mol.